The van der Waals surface area contributed by atoms with Crippen LogP contribution in [0.4, 0.5) is 0 Å². The highest BCUT2D eigenvalue weighted by atomic mass is 16.4. The molecule has 62 valence electrons. The molecule has 0 bridgehead atoms. The molecule has 0 amide bonds. The highest BCUT2D eigenvalue weighted by Gasteiger charge is 2.07. The second-order valence-electron chi connectivity index (χ2n) is 2.71. The summed E-state index contributed by atoms with van der Waals surface area (Å²) < 4.78 is 5.32. The third-order valence-corrected chi connectivity index (χ3v) is 1.72. The zero-order valence-corrected chi connectivity index (χ0v) is 6.69. The van der Waals surface area contributed by atoms with Crippen LogP contribution in [-0.2, 0) is 0 Å². The van der Waals surface area contributed by atoms with Crippen molar-refractivity contribution in [1.29, 1.82) is 0 Å². The van der Waals surface area contributed by atoms with Gasteiger partial charge in [-0.3, -0.25) is 4.98 Å². The van der Waals surface area contributed by atoms with Gasteiger partial charge in [0, 0.05) is 12.3 Å². The van der Waals surface area contributed by atoms with Gasteiger partial charge in [0.2, 0.25) is 0 Å². The van der Waals surface area contributed by atoms with Crippen molar-refractivity contribution in [1.82, 2.24) is 4.98 Å². The summed E-state index contributed by atoms with van der Waals surface area (Å²) in [6.07, 6.45) is 1.13. The van der Waals surface area contributed by atoms with Crippen molar-refractivity contribution in [2.75, 3.05) is 0 Å². The summed E-state index contributed by atoms with van der Waals surface area (Å²) in [5.74, 6) is 0.559. The maximum atomic E-state index is 9.20. The number of furan rings is 1. The third kappa shape index (κ3) is 1.08. The van der Waals surface area contributed by atoms with Crippen LogP contribution in [0, 0.1) is 0 Å². The second-order valence-corrected chi connectivity index (χ2v) is 2.71. The van der Waals surface area contributed by atoms with Gasteiger partial charge < -0.3 is 9.52 Å². The molecule has 12 heavy (non-hydrogen) atoms. The van der Waals surface area contributed by atoms with Gasteiger partial charge in [-0.25, -0.2) is 0 Å². The summed E-state index contributed by atoms with van der Waals surface area (Å²) in [7, 11) is 0. The van der Waals surface area contributed by atoms with E-state index in [4.69, 9.17) is 4.42 Å². The van der Waals surface area contributed by atoms with Crippen LogP contribution in [0.5, 0.6) is 0 Å². The topological polar surface area (TPSA) is 46.3 Å². The van der Waals surface area contributed by atoms with Gasteiger partial charge in [-0.1, -0.05) is 0 Å². The molecule has 2 heterocycles. The lowest BCUT2D eigenvalue weighted by Gasteiger charge is -1.94. The van der Waals surface area contributed by atoms with Crippen molar-refractivity contribution in [3.05, 3.63) is 30.2 Å². The molecule has 2 aromatic heterocycles. The van der Waals surface area contributed by atoms with Gasteiger partial charge >= 0.3 is 0 Å². The molecule has 0 radical (unpaired) electrons. The molecule has 0 saturated heterocycles. The molecule has 2 aromatic rings. The van der Waals surface area contributed by atoms with E-state index in [-0.39, 0.29) is 0 Å². The fourth-order valence-electron chi connectivity index (χ4n) is 1.09. The number of nitrogens with zero attached hydrogens (tertiary/aromatic N) is 1. The van der Waals surface area contributed by atoms with Crippen LogP contribution in [0.15, 0.2) is 28.8 Å². The SMILES string of the molecule is CC(O)c1cc2ncccc2o1. The van der Waals surface area contributed by atoms with E-state index in [1.165, 1.54) is 0 Å². The molecule has 0 aliphatic carbocycles. The Morgan fingerprint density at radius 1 is 1.58 bits per heavy atom. The molecular weight excluding hydrogens is 154 g/mol. The van der Waals surface area contributed by atoms with Crippen LogP contribution < -0.4 is 0 Å². The van der Waals surface area contributed by atoms with Crippen LogP contribution in [0.1, 0.15) is 18.8 Å². The maximum absolute atomic E-state index is 9.20. The van der Waals surface area contributed by atoms with Crippen LogP contribution in [0.2, 0.25) is 0 Å². The van der Waals surface area contributed by atoms with Gasteiger partial charge in [0.1, 0.15) is 17.4 Å². The highest BCUT2D eigenvalue weighted by molar-refractivity contribution is 5.72. The molecule has 0 fully saturated rings. The summed E-state index contributed by atoms with van der Waals surface area (Å²) >= 11 is 0. The van der Waals surface area contributed by atoms with Crippen LogP contribution in [0.3, 0.4) is 0 Å². The predicted octanol–water partition coefficient (Wildman–Crippen LogP) is 1.88. The van der Waals surface area contributed by atoms with E-state index in [1.807, 2.05) is 6.07 Å². The molecule has 0 aromatic carbocycles. The predicted molar refractivity (Wildman–Crippen MR) is 44.6 cm³/mol. The number of rotatable bonds is 1. The Morgan fingerprint density at radius 2 is 2.42 bits per heavy atom. The fraction of sp³-hybridized carbons (Fsp3) is 0.222. The number of fused-ring (bicyclic) bond motifs is 1. The smallest absolute Gasteiger partial charge is 0.152 e. The Labute approximate surface area is 69.7 Å². The Morgan fingerprint density at radius 3 is 3.08 bits per heavy atom. The minimum absolute atomic E-state index is 0.559. The van der Waals surface area contributed by atoms with Gasteiger partial charge in [-0.2, -0.15) is 0 Å². The minimum atomic E-state index is -0.570. The van der Waals surface area contributed by atoms with Gasteiger partial charge in [0.25, 0.3) is 0 Å². The molecule has 0 saturated carbocycles. The van der Waals surface area contributed by atoms with Crippen molar-refractivity contribution in [3.63, 3.8) is 0 Å². The average molecular weight is 163 g/mol. The number of aliphatic hydroxyl groups is 1. The lowest BCUT2D eigenvalue weighted by Crippen LogP contribution is -1.85. The molecular formula is C9H9NO2. The average Bonchev–Trinajstić information content (AvgIpc) is 2.46. The van der Waals surface area contributed by atoms with E-state index in [2.05, 4.69) is 4.98 Å². The number of hydrogen-bond donors (Lipinski definition) is 1. The summed E-state index contributed by atoms with van der Waals surface area (Å²) in [5, 5.41) is 9.20. The molecule has 1 N–H and O–H groups in total. The zero-order chi connectivity index (χ0) is 8.55. The molecule has 3 heteroatoms. The first-order valence-electron chi connectivity index (χ1n) is 3.80. The summed E-state index contributed by atoms with van der Waals surface area (Å²) in [6.45, 7) is 1.66. The number of pyridine rings is 1. The van der Waals surface area contributed by atoms with Crippen LogP contribution in [0.25, 0.3) is 11.1 Å². The van der Waals surface area contributed by atoms with Crippen LogP contribution >= 0.6 is 0 Å². The van der Waals surface area contributed by atoms with E-state index in [9.17, 15) is 5.11 Å². The van der Waals surface area contributed by atoms with Crippen molar-refractivity contribution < 1.29 is 9.52 Å². The van der Waals surface area contributed by atoms with E-state index in [0.717, 1.165) is 5.52 Å². The monoisotopic (exact) mass is 163 g/mol. The van der Waals surface area contributed by atoms with E-state index in [1.54, 1.807) is 25.3 Å². The van der Waals surface area contributed by atoms with Crippen molar-refractivity contribution in [3.8, 4) is 0 Å². The molecule has 0 aliphatic rings. The van der Waals surface area contributed by atoms with Gasteiger partial charge in [-0.15, -0.1) is 0 Å². The highest BCUT2D eigenvalue weighted by Crippen LogP contribution is 2.21. The van der Waals surface area contributed by atoms with Gasteiger partial charge in [0.15, 0.2) is 5.58 Å². The van der Waals surface area contributed by atoms with Crippen LogP contribution in [-0.4, -0.2) is 10.1 Å². The van der Waals surface area contributed by atoms with Crippen molar-refractivity contribution in [2.45, 2.75) is 13.0 Å². The Hall–Kier alpha value is -1.35. The standard InChI is InChI=1S/C9H9NO2/c1-6(11)9-5-7-8(12-9)3-2-4-10-7/h2-6,11H,1H3. The lowest BCUT2D eigenvalue weighted by atomic mass is 10.3. The third-order valence-electron chi connectivity index (χ3n) is 1.72. The maximum Gasteiger partial charge on any atom is 0.152 e. The first-order valence-corrected chi connectivity index (χ1v) is 3.80. The lowest BCUT2D eigenvalue weighted by molar-refractivity contribution is 0.172. The molecule has 0 aliphatic heterocycles. The Balaban J connectivity index is 2.62. The normalized spacial score (nSPS) is 13.5. The largest absolute Gasteiger partial charge is 0.457 e. The van der Waals surface area contributed by atoms with E-state index in [0.29, 0.717) is 11.3 Å². The Bertz CT molecular complexity index is 359. The van der Waals surface area contributed by atoms with Gasteiger partial charge in [-0.05, 0) is 19.1 Å². The first-order chi connectivity index (χ1) is 5.77. The number of hydrogen-bond acceptors (Lipinski definition) is 3. The van der Waals surface area contributed by atoms with E-state index < -0.39 is 6.10 Å². The van der Waals surface area contributed by atoms with E-state index >= 15 is 0 Å². The summed E-state index contributed by atoms with van der Waals surface area (Å²) in [4.78, 5) is 4.08. The first kappa shape index (κ1) is 7.31. The van der Waals surface area contributed by atoms with Crippen molar-refractivity contribution >= 4 is 11.1 Å². The summed E-state index contributed by atoms with van der Waals surface area (Å²) in [6, 6.07) is 5.38. The molecule has 0 spiro atoms. The quantitative estimate of drug-likeness (QED) is 0.698. The second kappa shape index (κ2) is 2.60. The molecule has 2 rings (SSSR count). The zero-order valence-electron chi connectivity index (χ0n) is 6.69. The van der Waals surface area contributed by atoms with Gasteiger partial charge in [0.05, 0.1) is 0 Å². The molecule has 1 atom stereocenters. The number of aromatic nitrogens is 1. The number of aliphatic hydroxyl groups excluding tert-OH is 1. The fourth-order valence-corrected chi connectivity index (χ4v) is 1.09. The minimum Gasteiger partial charge on any atom is -0.457 e. The molecule has 3 nitrogen and oxygen atoms in total. The van der Waals surface area contributed by atoms with Crippen molar-refractivity contribution in [2.24, 2.45) is 0 Å². The molecule has 1 unspecified atom stereocenters. The Kier molecular flexibility index (Phi) is 1.59. The summed E-state index contributed by atoms with van der Waals surface area (Å²) in [5.41, 5.74) is 1.50.